The molecule has 31 heavy (non-hydrogen) atoms. The zero-order chi connectivity index (χ0) is 22.0. The molecule has 1 fully saturated rings. The highest BCUT2D eigenvalue weighted by atomic mass is 32.2. The molecule has 166 valence electrons. The van der Waals surface area contributed by atoms with Gasteiger partial charge in [-0.15, -0.1) is 0 Å². The third kappa shape index (κ3) is 4.85. The molecular formula is C23H27NO6S. The lowest BCUT2D eigenvalue weighted by Crippen LogP contribution is -2.42. The zero-order valence-corrected chi connectivity index (χ0v) is 18.7. The van der Waals surface area contributed by atoms with Gasteiger partial charge in [-0.05, 0) is 53.9 Å². The molecule has 0 unspecified atom stereocenters. The number of esters is 1. The molecule has 0 spiro atoms. The first-order chi connectivity index (χ1) is 14.9. The highest BCUT2D eigenvalue weighted by molar-refractivity contribution is 7.91. The van der Waals surface area contributed by atoms with Crippen molar-refractivity contribution in [2.45, 2.75) is 13.3 Å². The van der Waals surface area contributed by atoms with Crippen LogP contribution in [0.1, 0.15) is 21.5 Å². The molecule has 2 heterocycles. The standard InChI is InChI=1S/C23H27NO6S/c1-16-13-19(29-10-6-24-7-11-31(26,27)12-8-24)14-17-5-9-30-21-4-3-18(23(25)28-2)15-20(21)22(16)17/h3-4,13-15H,5-12H2,1-2H3. The predicted octanol–water partition coefficient (Wildman–Crippen LogP) is 2.49. The van der Waals surface area contributed by atoms with E-state index in [0.717, 1.165) is 40.2 Å². The van der Waals surface area contributed by atoms with Crippen molar-refractivity contribution in [3.63, 3.8) is 0 Å². The average Bonchev–Trinajstić information content (AvgIpc) is 2.93. The van der Waals surface area contributed by atoms with Gasteiger partial charge in [0.2, 0.25) is 0 Å². The third-order valence-electron chi connectivity index (χ3n) is 5.80. The molecule has 1 saturated heterocycles. The summed E-state index contributed by atoms with van der Waals surface area (Å²) in [7, 11) is -1.50. The van der Waals surface area contributed by atoms with Crippen molar-refractivity contribution < 1.29 is 27.4 Å². The molecule has 2 aromatic carbocycles. The lowest BCUT2D eigenvalue weighted by molar-refractivity contribution is 0.0600. The first-order valence-electron chi connectivity index (χ1n) is 10.4. The summed E-state index contributed by atoms with van der Waals surface area (Å²) in [5.74, 6) is 1.60. The SMILES string of the molecule is COC(=O)c1ccc2c(c1)-c1c(C)cc(OCCN3CCS(=O)(=O)CC3)cc1CCO2. The molecule has 0 amide bonds. The minimum absolute atomic E-state index is 0.220. The highest BCUT2D eigenvalue weighted by Gasteiger charge is 2.22. The van der Waals surface area contributed by atoms with E-state index in [9.17, 15) is 13.2 Å². The summed E-state index contributed by atoms with van der Waals surface area (Å²) in [6, 6.07) is 9.39. The maximum absolute atomic E-state index is 12.0. The van der Waals surface area contributed by atoms with Crippen LogP contribution in [-0.4, -0.2) is 70.8 Å². The molecule has 0 atom stereocenters. The summed E-state index contributed by atoms with van der Waals surface area (Å²) in [4.78, 5) is 14.1. The second-order valence-electron chi connectivity index (χ2n) is 7.92. The van der Waals surface area contributed by atoms with Gasteiger partial charge >= 0.3 is 5.97 Å². The van der Waals surface area contributed by atoms with E-state index in [0.29, 0.717) is 38.4 Å². The Balaban J connectivity index is 1.51. The van der Waals surface area contributed by atoms with Gasteiger partial charge in [0.15, 0.2) is 9.84 Å². The largest absolute Gasteiger partial charge is 0.493 e. The lowest BCUT2D eigenvalue weighted by atomic mass is 9.92. The molecule has 0 N–H and O–H groups in total. The Hall–Kier alpha value is -2.58. The first-order valence-corrected chi connectivity index (χ1v) is 12.2. The summed E-state index contributed by atoms with van der Waals surface area (Å²) in [5.41, 5.74) is 4.59. The Kier molecular flexibility index (Phi) is 6.20. The maximum atomic E-state index is 12.0. The number of ether oxygens (including phenoxy) is 3. The second kappa shape index (κ2) is 8.88. The number of rotatable bonds is 5. The number of sulfone groups is 1. The van der Waals surface area contributed by atoms with Crippen molar-refractivity contribution >= 4 is 15.8 Å². The monoisotopic (exact) mass is 445 g/mol. The van der Waals surface area contributed by atoms with E-state index in [-0.39, 0.29) is 17.5 Å². The van der Waals surface area contributed by atoms with E-state index in [1.807, 2.05) is 31.2 Å². The zero-order valence-electron chi connectivity index (χ0n) is 17.8. The highest BCUT2D eigenvalue weighted by Crippen LogP contribution is 2.40. The normalized spacial score (nSPS) is 17.6. The van der Waals surface area contributed by atoms with Crippen LogP contribution in [0.3, 0.4) is 0 Å². The first kappa shape index (κ1) is 21.6. The van der Waals surface area contributed by atoms with Crippen LogP contribution in [0.4, 0.5) is 0 Å². The number of nitrogens with zero attached hydrogens (tertiary/aromatic N) is 1. The van der Waals surface area contributed by atoms with E-state index in [4.69, 9.17) is 14.2 Å². The molecular weight excluding hydrogens is 418 g/mol. The van der Waals surface area contributed by atoms with Gasteiger partial charge in [-0.1, -0.05) is 0 Å². The van der Waals surface area contributed by atoms with Crippen LogP contribution in [0.5, 0.6) is 11.5 Å². The van der Waals surface area contributed by atoms with Crippen LogP contribution in [0, 0.1) is 6.92 Å². The molecule has 0 aliphatic carbocycles. The number of carbonyl (C=O) groups is 1. The Morgan fingerprint density at radius 3 is 2.68 bits per heavy atom. The Morgan fingerprint density at radius 1 is 1.16 bits per heavy atom. The van der Waals surface area contributed by atoms with Crippen LogP contribution in [0.2, 0.25) is 0 Å². The number of benzene rings is 2. The molecule has 0 saturated carbocycles. The van der Waals surface area contributed by atoms with Crippen LogP contribution in [0.15, 0.2) is 30.3 Å². The molecule has 2 aliphatic rings. The van der Waals surface area contributed by atoms with Crippen LogP contribution in [-0.2, 0) is 21.0 Å². The van der Waals surface area contributed by atoms with Gasteiger partial charge in [-0.25, -0.2) is 13.2 Å². The number of aryl methyl sites for hydroxylation is 1. The van der Waals surface area contributed by atoms with Gasteiger partial charge in [0.05, 0.1) is 30.8 Å². The third-order valence-corrected chi connectivity index (χ3v) is 7.41. The summed E-state index contributed by atoms with van der Waals surface area (Å²) in [5, 5.41) is 0. The molecule has 2 aliphatic heterocycles. The van der Waals surface area contributed by atoms with Crippen molar-refractivity contribution in [2.75, 3.05) is 51.5 Å². The molecule has 2 aromatic rings. The van der Waals surface area contributed by atoms with Gasteiger partial charge in [-0.2, -0.15) is 0 Å². The van der Waals surface area contributed by atoms with Crippen molar-refractivity contribution in [3.05, 3.63) is 47.0 Å². The van der Waals surface area contributed by atoms with Crippen LogP contribution < -0.4 is 9.47 Å². The van der Waals surface area contributed by atoms with E-state index in [2.05, 4.69) is 4.90 Å². The van der Waals surface area contributed by atoms with Crippen LogP contribution >= 0.6 is 0 Å². The van der Waals surface area contributed by atoms with Crippen molar-refractivity contribution in [2.24, 2.45) is 0 Å². The number of hydrogen-bond acceptors (Lipinski definition) is 7. The molecule has 7 nitrogen and oxygen atoms in total. The fraction of sp³-hybridized carbons (Fsp3) is 0.435. The predicted molar refractivity (Wildman–Crippen MR) is 118 cm³/mol. The molecule has 8 heteroatoms. The topological polar surface area (TPSA) is 82.1 Å². The molecule has 0 bridgehead atoms. The van der Waals surface area contributed by atoms with E-state index in [1.165, 1.54) is 7.11 Å². The molecule has 0 radical (unpaired) electrons. The summed E-state index contributed by atoms with van der Waals surface area (Å²) < 4.78 is 39.9. The number of carbonyl (C=O) groups excluding carboxylic acids is 1. The van der Waals surface area contributed by atoms with Crippen molar-refractivity contribution in [1.82, 2.24) is 4.90 Å². The Morgan fingerprint density at radius 2 is 1.94 bits per heavy atom. The van der Waals surface area contributed by atoms with Gasteiger partial charge in [-0.3, -0.25) is 4.90 Å². The summed E-state index contributed by atoms with van der Waals surface area (Å²) in [6.07, 6.45) is 0.736. The number of methoxy groups -OCH3 is 1. The number of fused-ring (bicyclic) bond motifs is 3. The number of hydrogen-bond donors (Lipinski definition) is 0. The van der Waals surface area contributed by atoms with Gasteiger partial charge in [0, 0.05) is 31.6 Å². The van der Waals surface area contributed by atoms with Crippen LogP contribution in [0.25, 0.3) is 11.1 Å². The fourth-order valence-electron chi connectivity index (χ4n) is 4.12. The van der Waals surface area contributed by atoms with E-state index in [1.54, 1.807) is 6.07 Å². The quantitative estimate of drug-likeness (QED) is 0.654. The Labute approximate surface area is 182 Å². The maximum Gasteiger partial charge on any atom is 0.337 e. The Bertz CT molecular complexity index is 1080. The molecule has 4 rings (SSSR count). The summed E-state index contributed by atoms with van der Waals surface area (Å²) >= 11 is 0. The van der Waals surface area contributed by atoms with Gasteiger partial charge in [0.25, 0.3) is 0 Å². The van der Waals surface area contributed by atoms with E-state index < -0.39 is 9.84 Å². The van der Waals surface area contributed by atoms with Gasteiger partial charge in [0.1, 0.15) is 18.1 Å². The van der Waals surface area contributed by atoms with Crippen molar-refractivity contribution in [1.29, 1.82) is 0 Å². The lowest BCUT2D eigenvalue weighted by Gasteiger charge is -2.26. The van der Waals surface area contributed by atoms with Crippen molar-refractivity contribution in [3.8, 4) is 22.6 Å². The minimum atomic E-state index is -2.87. The fourth-order valence-corrected chi connectivity index (χ4v) is 5.40. The second-order valence-corrected chi connectivity index (χ2v) is 10.2. The molecule has 0 aromatic heterocycles. The van der Waals surface area contributed by atoms with Gasteiger partial charge < -0.3 is 14.2 Å². The minimum Gasteiger partial charge on any atom is -0.493 e. The average molecular weight is 446 g/mol. The summed E-state index contributed by atoms with van der Waals surface area (Å²) in [6.45, 7) is 4.89. The smallest absolute Gasteiger partial charge is 0.337 e. The van der Waals surface area contributed by atoms with E-state index >= 15 is 0 Å².